The van der Waals surface area contributed by atoms with E-state index in [4.69, 9.17) is 4.52 Å². The highest BCUT2D eigenvalue weighted by atomic mass is 19.4. The molecule has 0 spiro atoms. The quantitative estimate of drug-likeness (QED) is 0.716. The predicted molar refractivity (Wildman–Crippen MR) is 90.5 cm³/mol. The van der Waals surface area contributed by atoms with E-state index in [0.717, 1.165) is 6.07 Å². The van der Waals surface area contributed by atoms with E-state index >= 15 is 0 Å². The Bertz CT molecular complexity index is 911. The molecule has 0 fully saturated rings. The molecule has 0 aliphatic heterocycles. The van der Waals surface area contributed by atoms with Crippen LogP contribution in [0.25, 0.3) is 11.4 Å². The molecule has 0 unspecified atom stereocenters. The number of halogens is 3. The first-order valence-electron chi connectivity index (χ1n) is 8.17. The molecule has 0 saturated carbocycles. The second-order valence-corrected chi connectivity index (χ2v) is 6.25. The Morgan fingerprint density at radius 1 is 1.15 bits per heavy atom. The summed E-state index contributed by atoms with van der Waals surface area (Å²) in [4.78, 5) is 15.9. The van der Waals surface area contributed by atoms with Crippen LogP contribution in [-0.4, -0.2) is 25.1 Å². The second-order valence-electron chi connectivity index (χ2n) is 6.25. The van der Waals surface area contributed by atoms with Crippen molar-refractivity contribution in [2.45, 2.75) is 33.0 Å². The zero-order valence-electron chi connectivity index (χ0n) is 14.8. The normalized spacial score (nSPS) is 13.0. The molecule has 3 heterocycles. The van der Waals surface area contributed by atoms with Crippen molar-refractivity contribution >= 4 is 5.82 Å². The minimum atomic E-state index is -4.62. The van der Waals surface area contributed by atoms with Crippen LogP contribution in [0, 0.1) is 12.8 Å². The molecule has 10 heteroatoms. The number of nitrogens with zero attached hydrogens (tertiary/aromatic N) is 5. The lowest BCUT2D eigenvalue weighted by Crippen LogP contribution is -2.19. The average molecular weight is 378 g/mol. The molecule has 1 atom stereocenters. The van der Waals surface area contributed by atoms with Crippen molar-refractivity contribution in [3.63, 3.8) is 0 Å². The van der Waals surface area contributed by atoms with Gasteiger partial charge in [0.25, 0.3) is 0 Å². The van der Waals surface area contributed by atoms with Gasteiger partial charge in [0.05, 0.1) is 0 Å². The van der Waals surface area contributed by atoms with Crippen molar-refractivity contribution in [2.75, 3.05) is 5.32 Å². The smallest absolute Gasteiger partial charge is 0.358 e. The number of anilines is 1. The third kappa shape index (κ3) is 4.39. The Labute approximate surface area is 153 Å². The van der Waals surface area contributed by atoms with Gasteiger partial charge in [-0.1, -0.05) is 19.0 Å². The van der Waals surface area contributed by atoms with Gasteiger partial charge < -0.3 is 9.84 Å². The first kappa shape index (κ1) is 18.7. The Kier molecular flexibility index (Phi) is 5.06. The first-order chi connectivity index (χ1) is 12.7. The SMILES string of the molecule is Cc1noc([C@H](Nc2cc(C(F)(F)F)nc(-c3cccnc3)n2)C(C)C)n1. The summed E-state index contributed by atoms with van der Waals surface area (Å²) in [5, 5.41) is 6.70. The Balaban J connectivity index is 2.03. The van der Waals surface area contributed by atoms with Gasteiger partial charge in [0.15, 0.2) is 17.3 Å². The second kappa shape index (κ2) is 7.29. The molecule has 3 aromatic rings. The van der Waals surface area contributed by atoms with Crippen LogP contribution in [0.5, 0.6) is 0 Å². The summed E-state index contributed by atoms with van der Waals surface area (Å²) in [5.41, 5.74) is -0.676. The lowest BCUT2D eigenvalue weighted by Gasteiger charge is -2.20. The number of pyridine rings is 1. The average Bonchev–Trinajstić information content (AvgIpc) is 3.05. The van der Waals surface area contributed by atoms with Gasteiger partial charge >= 0.3 is 6.18 Å². The molecule has 1 N–H and O–H groups in total. The molecule has 7 nitrogen and oxygen atoms in total. The maximum Gasteiger partial charge on any atom is 0.433 e. The molecule has 0 aliphatic rings. The number of alkyl halides is 3. The third-order valence-electron chi connectivity index (χ3n) is 3.72. The van der Waals surface area contributed by atoms with Crippen molar-refractivity contribution in [2.24, 2.45) is 5.92 Å². The zero-order valence-corrected chi connectivity index (χ0v) is 14.8. The van der Waals surface area contributed by atoms with Crippen LogP contribution < -0.4 is 5.32 Å². The van der Waals surface area contributed by atoms with Gasteiger partial charge in [-0.25, -0.2) is 9.97 Å². The van der Waals surface area contributed by atoms with Crippen LogP contribution in [0.1, 0.15) is 37.3 Å². The number of nitrogens with one attached hydrogen (secondary N) is 1. The van der Waals surface area contributed by atoms with E-state index < -0.39 is 17.9 Å². The van der Waals surface area contributed by atoms with Gasteiger partial charge in [-0.2, -0.15) is 18.2 Å². The fraction of sp³-hybridized carbons (Fsp3) is 0.353. The largest absolute Gasteiger partial charge is 0.433 e. The van der Waals surface area contributed by atoms with Crippen LogP contribution in [-0.2, 0) is 6.18 Å². The molecule has 27 heavy (non-hydrogen) atoms. The fourth-order valence-corrected chi connectivity index (χ4v) is 2.40. The van der Waals surface area contributed by atoms with Crippen molar-refractivity contribution in [1.82, 2.24) is 25.1 Å². The van der Waals surface area contributed by atoms with E-state index in [2.05, 4.69) is 30.4 Å². The monoisotopic (exact) mass is 378 g/mol. The number of aromatic nitrogens is 5. The molecule has 0 saturated heterocycles. The standard InChI is InChI=1S/C17H17F3N6O/c1-9(2)14(16-22-10(3)26-27-16)24-13-7-12(17(18,19)20)23-15(25-13)11-5-4-6-21-8-11/h4-9,14H,1-3H3,(H,23,24,25)/t14-/m1/s1. The Morgan fingerprint density at radius 2 is 1.93 bits per heavy atom. The van der Waals surface area contributed by atoms with E-state index in [1.54, 1.807) is 19.1 Å². The molecule has 0 aromatic carbocycles. The molecule has 0 bridgehead atoms. The van der Waals surface area contributed by atoms with Crippen LogP contribution in [0.2, 0.25) is 0 Å². The van der Waals surface area contributed by atoms with E-state index in [-0.39, 0.29) is 23.5 Å². The fourth-order valence-electron chi connectivity index (χ4n) is 2.40. The Hall–Kier alpha value is -3.04. The van der Waals surface area contributed by atoms with Gasteiger partial charge in [0, 0.05) is 24.0 Å². The predicted octanol–water partition coefficient (Wildman–Crippen LogP) is 4.06. The van der Waals surface area contributed by atoms with Gasteiger partial charge in [0.2, 0.25) is 5.89 Å². The number of aryl methyl sites for hydroxylation is 1. The molecule has 3 aromatic heterocycles. The summed E-state index contributed by atoms with van der Waals surface area (Å²) in [6, 6.07) is 3.54. The first-order valence-corrected chi connectivity index (χ1v) is 8.17. The summed E-state index contributed by atoms with van der Waals surface area (Å²) in [6.07, 6.45) is -1.70. The minimum Gasteiger partial charge on any atom is -0.358 e. The van der Waals surface area contributed by atoms with Crippen LogP contribution in [0.15, 0.2) is 35.1 Å². The summed E-state index contributed by atoms with van der Waals surface area (Å²) in [7, 11) is 0. The summed E-state index contributed by atoms with van der Waals surface area (Å²) in [5.74, 6) is 0.594. The molecular formula is C17H17F3N6O. The Morgan fingerprint density at radius 3 is 2.48 bits per heavy atom. The number of rotatable bonds is 5. The van der Waals surface area contributed by atoms with Crippen molar-refractivity contribution in [3.05, 3.63) is 48.0 Å². The van der Waals surface area contributed by atoms with Crippen molar-refractivity contribution in [3.8, 4) is 11.4 Å². The molecule has 0 aliphatic carbocycles. The van der Waals surface area contributed by atoms with Gasteiger partial charge in [-0.05, 0) is 25.0 Å². The molecular weight excluding hydrogens is 361 g/mol. The topological polar surface area (TPSA) is 89.6 Å². The minimum absolute atomic E-state index is 0.00531. The highest BCUT2D eigenvalue weighted by molar-refractivity contribution is 5.56. The molecule has 0 amide bonds. The van der Waals surface area contributed by atoms with E-state index in [9.17, 15) is 13.2 Å². The van der Waals surface area contributed by atoms with E-state index in [0.29, 0.717) is 11.4 Å². The van der Waals surface area contributed by atoms with E-state index in [1.807, 2.05) is 13.8 Å². The van der Waals surface area contributed by atoms with Gasteiger partial charge in [-0.3, -0.25) is 4.98 Å². The summed E-state index contributed by atoms with van der Waals surface area (Å²) >= 11 is 0. The molecule has 142 valence electrons. The highest BCUT2D eigenvalue weighted by Gasteiger charge is 2.34. The van der Waals surface area contributed by atoms with Crippen LogP contribution in [0.4, 0.5) is 19.0 Å². The maximum atomic E-state index is 13.3. The van der Waals surface area contributed by atoms with Gasteiger partial charge in [0.1, 0.15) is 11.9 Å². The molecule has 3 rings (SSSR count). The summed E-state index contributed by atoms with van der Waals surface area (Å²) in [6.45, 7) is 5.42. The number of hydrogen-bond donors (Lipinski definition) is 1. The van der Waals surface area contributed by atoms with Crippen molar-refractivity contribution in [1.29, 1.82) is 0 Å². The number of hydrogen-bond acceptors (Lipinski definition) is 7. The van der Waals surface area contributed by atoms with Crippen molar-refractivity contribution < 1.29 is 17.7 Å². The van der Waals surface area contributed by atoms with Crippen LogP contribution in [0.3, 0.4) is 0 Å². The zero-order chi connectivity index (χ0) is 19.6. The maximum absolute atomic E-state index is 13.3. The third-order valence-corrected chi connectivity index (χ3v) is 3.72. The summed E-state index contributed by atoms with van der Waals surface area (Å²) < 4.78 is 45.1. The lowest BCUT2D eigenvalue weighted by molar-refractivity contribution is -0.141. The molecule has 0 radical (unpaired) electrons. The van der Waals surface area contributed by atoms with E-state index in [1.165, 1.54) is 12.4 Å². The van der Waals surface area contributed by atoms with Crippen LogP contribution >= 0.6 is 0 Å². The lowest BCUT2D eigenvalue weighted by atomic mass is 10.0. The van der Waals surface area contributed by atoms with Gasteiger partial charge in [-0.15, -0.1) is 0 Å². The highest BCUT2D eigenvalue weighted by Crippen LogP contribution is 2.32.